The van der Waals surface area contributed by atoms with Crippen molar-refractivity contribution in [2.75, 3.05) is 0 Å². The molecule has 11 aromatic rings. The lowest BCUT2D eigenvalue weighted by atomic mass is 9.90. The zero-order valence-electron chi connectivity index (χ0n) is 32.2. The summed E-state index contributed by atoms with van der Waals surface area (Å²) >= 11 is 0. The predicted octanol–water partition coefficient (Wildman–Crippen LogP) is 14.9. The molecule has 3 nitrogen and oxygen atoms in total. The van der Waals surface area contributed by atoms with Crippen LogP contribution in [0, 0.1) is 0 Å². The number of pyridine rings is 3. The number of hydrogen-bond donors (Lipinski definition) is 0. The molecule has 272 valence electrons. The Balaban J connectivity index is 1.08. The van der Waals surface area contributed by atoms with Crippen molar-refractivity contribution in [3.63, 3.8) is 0 Å². The first-order valence-corrected chi connectivity index (χ1v) is 19.9. The molecule has 0 saturated carbocycles. The van der Waals surface area contributed by atoms with Crippen LogP contribution >= 0.6 is 0 Å². The number of rotatable bonds is 5. The summed E-state index contributed by atoms with van der Waals surface area (Å²) in [6.45, 7) is 4.09. The Morgan fingerprint density at radius 2 is 0.966 bits per heavy atom. The van der Waals surface area contributed by atoms with Crippen LogP contribution in [-0.4, -0.2) is 15.0 Å². The Hall–Kier alpha value is -7.49. The number of allylic oxidation sites excluding steroid dienone is 4. The maximum atomic E-state index is 5.56. The largest absolute Gasteiger partial charge is 0.246 e. The van der Waals surface area contributed by atoms with Crippen LogP contribution < -0.4 is 0 Å². The van der Waals surface area contributed by atoms with Crippen molar-refractivity contribution in [3.8, 4) is 33.6 Å². The van der Waals surface area contributed by atoms with E-state index in [0.29, 0.717) is 0 Å². The Labute approximate surface area is 336 Å². The normalized spacial score (nSPS) is 12.3. The van der Waals surface area contributed by atoms with Gasteiger partial charge in [-0.2, -0.15) is 0 Å². The monoisotopic (exact) mass is 739 g/mol. The average molecular weight is 740 g/mol. The van der Waals surface area contributed by atoms with Gasteiger partial charge < -0.3 is 0 Å². The van der Waals surface area contributed by atoms with E-state index < -0.39 is 0 Å². The molecule has 8 aromatic carbocycles. The van der Waals surface area contributed by atoms with Gasteiger partial charge >= 0.3 is 0 Å². The van der Waals surface area contributed by atoms with Crippen LogP contribution in [0.5, 0.6) is 0 Å². The summed E-state index contributed by atoms with van der Waals surface area (Å²) in [5.74, 6) is 0. The lowest BCUT2D eigenvalue weighted by molar-refractivity contribution is 1.33. The summed E-state index contributed by atoms with van der Waals surface area (Å²) in [7, 11) is 0. The third kappa shape index (κ3) is 5.32. The molecular weight excluding hydrogens is 703 g/mol. The summed E-state index contributed by atoms with van der Waals surface area (Å²) < 4.78 is 0. The number of hydrogen-bond acceptors (Lipinski definition) is 3. The van der Waals surface area contributed by atoms with Gasteiger partial charge in [0.05, 0.1) is 33.6 Å². The lowest BCUT2D eigenvalue weighted by Crippen LogP contribution is -1.94. The first kappa shape index (κ1) is 33.8. The fraction of sp³-hybridized carbons (Fsp3) is 0.0364. The van der Waals surface area contributed by atoms with E-state index in [1.807, 2.05) is 6.92 Å². The Kier molecular flexibility index (Phi) is 7.94. The highest BCUT2D eigenvalue weighted by atomic mass is 14.8. The first-order chi connectivity index (χ1) is 28.7. The Morgan fingerprint density at radius 3 is 1.69 bits per heavy atom. The highest BCUT2D eigenvalue weighted by molar-refractivity contribution is 6.31. The summed E-state index contributed by atoms with van der Waals surface area (Å²) in [4.78, 5) is 16.1. The van der Waals surface area contributed by atoms with Crippen LogP contribution in [0.25, 0.3) is 115 Å². The van der Waals surface area contributed by atoms with E-state index in [9.17, 15) is 0 Å². The summed E-state index contributed by atoms with van der Waals surface area (Å²) in [5.41, 5.74) is 11.3. The minimum atomic E-state index is 0.907. The third-order valence-corrected chi connectivity index (χ3v) is 11.7. The molecule has 3 heteroatoms. The van der Waals surface area contributed by atoms with Gasteiger partial charge in [-0.15, -0.1) is 0 Å². The maximum absolute atomic E-state index is 5.56. The van der Waals surface area contributed by atoms with Crippen LogP contribution in [0.2, 0.25) is 0 Å². The second-order valence-electron chi connectivity index (χ2n) is 15.0. The van der Waals surface area contributed by atoms with Gasteiger partial charge in [-0.05, 0) is 81.1 Å². The fourth-order valence-electron chi connectivity index (χ4n) is 9.01. The van der Waals surface area contributed by atoms with E-state index in [1.165, 1.54) is 43.3 Å². The predicted molar refractivity (Wildman–Crippen MR) is 247 cm³/mol. The molecule has 0 atom stereocenters. The van der Waals surface area contributed by atoms with Gasteiger partial charge in [-0.1, -0.05) is 170 Å². The number of fused-ring (bicyclic) bond motifs is 12. The van der Waals surface area contributed by atoms with Crippen LogP contribution in [0.3, 0.4) is 0 Å². The summed E-state index contributed by atoms with van der Waals surface area (Å²) in [5, 5.41) is 12.9. The second-order valence-corrected chi connectivity index (χ2v) is 15.0. The van der Waals surface area contributed by atoms with Gasteiger partial charge in [-0.25, -0.2) is 15.0 Å². The van der Waals surface area contributed by atoms with Crippen LogP contribution in [-0.2, 0) is 0 Å². The molecule has 0 aliphatic heterocycles. The molecule has 0 bridgehead atoms. The second kappa shape index (κ2) is 13.6. The zero-order valence-corrected chi connectivity index (χ0v) is 32.2. The van der Waals surface area contributed by atoms with E-state index in [4.69, 9.17) is 15.0 Å². The van der Waals surface area contributed by atoms with Crippen LogP contribution in [0.4, 0.5) is 0 Å². The number of nitrogens with zero attached hydrogens (tertiary/aromatic N) is 3. The van der Waals surface area contributed by atoms with E-state index >= 15 is 0 Å². The maximum Gasteiger partial charge on any atom is 0.0972 e. The van der Waals surface area contributed by atoms with Gasteiger partial charge in [0, 0.05) is 38.1 Å². The average Bonchev–Trinajstić information content (AvgIpc) is 3.29. The van der Waals surface area contributed by atoms with Crippen molar-refractivity contribution in [1.82, 2.24) is 15.0 Å². The van der Waals surface area contributed by atoms with Crippen LogP contribution in [0.1, 0.15) is 19.5 Å². The molecule has 0 aliphatic carbocycles. The Morgan fingerprint density at radius 1 is 0.414 bits per heavy atom. The van der Waals surface area contributed by atoms with Gasteiger partial charge in [0.25, 0.3) is 0 Å². The highest BCUT2D eigenvalue weighted by Gasteiger charge is 2.18. The molecule has 58 heavy (non-hydrogen) atoms. The standard InChI is InChI=1S/C55H37N3/c1-3-14-34(4-2)49-31-27-35-25-26-36-28-32-50(57-54(36)53(35)56-49)44-30-29-39(40-17-5-6-18-41(40)44)37-15-13-16-38(33-37)52-48-24-12-10-22-46(48)51-45-21-9-7-19-42(45)43-20-8-11-23-47(43)55(51)58-52/h3-33H,1-2H3/b14-3-,34-4+. The molecule has 0 aliphatic rings. The molecule has 3 aromatic heterocycles. The van der Waals surface area contributed by atoms with E-state index in [1.54, 1.807) is 0 Å². The highest BCUT2D eigenvalue weighted by Crippen LogP contribution is 2.42. The van der Waals surface area contributed by atoms with Crippen molar-refractivity contribution in [2.45, 2.75) is 13.8 Å². The smallest absolute Gasteiger partial charge is 0.0972 e. The molecular formula is C55H37N3. The van der Waals surface area contributed by atoms with Gasteiger partial charge in [0.2, 0.25) is 0 Å². The minimum absolute atomic E-state index is 0.907. The zero-order chi connectivity index (χ0) is 38.7. The van der Waals surface area contributed by atoms with Crippen molar-refractivity contribution in [3.05, 3.63) is 194 Å². The van der Waals surface area contributed by atoms with Crippen molar-refractivity contribution < 1.29 is 0 Å². The Bertz CT molecular complexity index is 3540. The minimum Gasteiger partial charge on any atom is -0.246 e. The summed E-state index contributed by atoms with van der Waals surface area (Å²) in [6, 6.07) is 61.1. The molecule has 0 radical (unpaired) electrons. The topological polar surface area (TPSA) is 38.7 Å². The quantitative estimate of drug-likeness (QED) is 0.130. The lowest BCUT2D eigenvalue weighted by Gasteiger charge is -2.16. The SMILES string of the molecule is C/C=C\C(=C/C)c1ccc2ccc3ccc(-c4ccc(-c5cccc(-c6nc7c8ccccc8c8ccccc8c7c7ccccc67)c5)c5ccccc45)nc3c2n1. The van der Waals surface area contributed by atoms with Gasteiger partial charge in [-0.3, -0.25) is 0 Å². The molecule has 0 unspecified atom stereocenters. The van der Waals surface area contributed by atoms with Gasteiger partial charge in [0.1, 0.15) is 0 Å². The molecule has 0 N–H and O–H groups in total. The molecule has 0 amide bonds. The number of benzene rings is 8. The van der Waals surface area contributed by atoms with Gasteiger partial charge in [0.15, 0.2) is 0 Å². The molecule has 0 saturated heterocycles. The van der Waals surface area contributed by atoms with Crippen LogP contribution in [0.15, 0.2) is 188 Å². The third-order valence-electron chi connectivity index (χ3n) is 11.7. The van der Waals surface area contributed by atoms with E-state index in [2.05, 4.69) is 195 Å². The molecule has 0 fully saturated rings. The fourth-order valence-corrected chi connectivity index (χ4v) is 9.01. The summed E-state index contributed by atoms with van der Waals surface area (Å²) in [6.07, 6.45) is 6.26. The number of aromatic nitrogens is 3. The first-order valence-electron chi connectivity index (χ1n) is 19.9. The van der Waals surface area contributed by atoms with Crippen molar-refractivity contribution >= 4 is 81.4 Å². The molecule has 11 rings (SSSR count). The van der Waals surface area contributed by atoms with Crippen molar-refractivity contribution in [2.24, 2.45) is 0 Å². The molecule has 0 spiro atoms. The van der Waals surface area contributed by atoms with E-state index in [-0.39, 0.29) is 0 Å². The van der Waals surface area contributed by atoms with Crippen molar-refractivity contribution in [1.29, 1.82) is 0 Å². The molecule has 3 heterocycles. The van der Waals surface area contributed by atoms with E-state index in [0.717, 1.165) is 77.4 Å².